The second-order valence-electron chi connectivity index (χ2n) is 4.36. The van der Waals surface area contributed by atoms with Gasteiger partial charge in [0.25, 0.3) is 0 Å². The molecule has 110 valence electrons. The second kappa shape index (κ2) is 7.23. The monoisotopic (exact) mass is 346 g/mol. The summed E-state index contributed by atoms with van der Waals surface area (Å²) in [6, 6.07) is 1.14. The molecule has 1 aromatic carbocycles. The molecule has 0 heterocycles. The van der Waals surface area contributed by atoms with Crippen LogP contribution < -0.4 is 10.6 Å². The molecule has 0 aromatic heterocycles. The van der Waals surface area contributed by atoms with Crippen molar-refractivity contribution in [2.24, 2.45) is 0 Å². The van der Waals surface area contributed by atoms with E-state index in [9.17, 15) is 14.0 Å². The van der Waals surface area contributed by atoms with Crippen LogP contribution in [0.5, 0.6) is 0 Å². The molecule has 0 unspecified atom stereocenters. The van der Waals surface area contributed by atoms with Gasteiger partial charge in [0.05, 0.1) is 4.47 Å². The highest BCUT2D eigenvalue weighted by atomic mass is 79.9. The fourth-order valence-corrected chi connectivity index (χ4v) is 1.99. The maximum Gasteiger partial charge on any atom is 0.326 e. The number of carboxylic acids is 1. The zero-order chi connectivity index (χ0) is 15.3. The van der Waals surface area contributed by atoms with Crippen LogP contribution in [0.1, 0.15) is 25.3 Å². The standard InChI is InChI=1S/C13H16BrFN2O3/c1-3-4-10(12(18)19)16-13(20)17-11-6-8(14)9(15)5-7(11)2/h5-6,10H,3-4H2,1-2H3,(H,18,19)(H2,16,17,20)/t10-/m1/s1. The Morgan fingerprint density at radius 1 is 1.45 bits per heavy atom. The Balaban J connectivity index is 2.75. The van der Waals surface area contributed by atoms with Crippen molar-refractivity contribution in [1.82, 2.24) is 5.32 Å². The third-order valence-corrected chi connectivity index (χ3v) is 3.30. The number of halogens is 2. The van der Waals surface area contributed by atoms with Gasteiger partial charge in [0, 0.05) is 5.69 Å². The largest absolute Gasteiger partial charge is 0.480 e. The van der Waals surface area contributed by atoms with Gasteiger partial charge in [-0.2, -0.15) is 0 Å². The van der Waals surface area contributed by atoms with Crippen LogP contribution in [0.4, 0.5) is 14.9 Å². The number of anilines is 1. The lowest BCUT2D eigenvalue weighted by Gasteiger charge is -2.15. The maximum absolute atomic E-state index is 13.3. The fraction of sp³-hybridized carbons (Fsp3) is 0.385. The summed E-state index contributed by atoms with van der Waals surface area (Å²) in [5.41, 5.74) is 0.958. The number of hydrogen-bond acceptors (Lipinski definition) is 2. The Morgan fingerprint density at radius 2 is 2.10 bits per heavy atom. The molecule has 0 radical (unpaired) electrons. The van der Waals surface area contributed by atoms with Crippen LogP contribution in [0, 0.1) is 12.7 Å². The van der Waals surface area contributed by atoms with Crippen molar-refractivity contribution in [3.63, 3.8) is 0 Å². The molecule has 0 aliphatic rings. The molecule has 7 heteroatoms. The lowest BCUT2D eigenvalue weighted by Crippen LogP contribution is -2.43. The third-order valence-electron chi connectivity index (χ3n) is 2.70. The van der Waals surface area contributed by atoms with Gasteiger partial charge in [-0.25, -0.2) is 14.0 Å². The predicted molar refractivity (Wildman–Crippen MR) is 77.3 cm³/mol. The molecule has 0 bridgehead atoms. The first-order chi connectivity index (χ1) is 9.35. The minimum absolute atomic E-state index is 0.224. The third kappa shape index (κ3) is 4.48. The number of carbonyl (C=O) groups is 2. The number of rotatable bonds is 5. The summed E-state index contributed by atoms with van der Waals surface area (Å²) in [5.74, 6) is -1.51. The first-order valence-electron chi connectivity index (χ1n) is 6.11. The van der Waals surface area contributed by atoms with E-state index in [1.54, 1.807) is 6.92 Å². The number of urea groups is 1. The van der Waals surface area contributed by atoms with Crippen molar-refractivity contribution in [3.8, 4) is 0 Å². The summed E-state index contributed by atoms with van der Waals surface area (Å²) >= 11 is 3.03. The summed E-state index contributed by atoms with van der Waals surface area (Å²) in [6.07, 6.45) is 0.979. The number of carboxylic acid groups (broad SMARTS) is 1. The lowest BCUT2D eigenvalue weighted by atomic mass is 10.1. The Kier molecular flexibility index (Phi) is 5.94. The molecule has 2 amide bonds. The smallest absolute Gasteiger partial charge is 0.326 e. The molecule has 0 aliphatic heterocycles. The van der Waals surface area contributed by atoms with Crippen molar-refractivity contribution in [1.29, 1.82) is 0 Å². The summed E-state index contributed by atoms with van der Waals surface area (Å²) in [6.45, 7) is 3.47. The quantitative estimate of drug-likeness (QED) is 0.765. The van der Waals surface area contributed by atoms with E-state index in [0.717, 1.165) is 0 Å². The highest BCUT2D eigenvalue weighted by molar-refractivity contribution is 9.10. The van der Waals surface area contributed by atoms with Gasteiger partial charge in [-0.15, -0.1) is 0 Å². The van der Waals surface area contributed by atoms with Crippen LogP contribution in [0.15, 0.2) is 16.6 Å². The number of aryl methyl sites for hydroxylation is 1. The Morgan fingerprint density at radius 3 is 2.65 bits per heavy atom. The summed E-state index contributed by atoms with van der Waals surface area (Å²) in [5, 5.41) is 13.8. The predicted octanol–water partition coefficient (Wildman–Crippen LogP) is 3.27. The van der Waals surface area contributed by atoms with Crippen LogP contribution in [0.25, 0.3) is 0 Å². The topological polar surface area (TPSA) is 78.4 Å². The highest BCUT2D eigenvalue weighted by Gasteiger charge is 2.19. The van der Waals surface area contributed by atoms with E-state index >= 15 is 0 Å². The normalized spacial score (nSPS) is 11.8. The summed E-state index contributed by atoms with van der Waals surface area (Å²) < 4.78 is 13.5. The SMILES string of the molecule is CCC[C@@H](NC(=O)Nc1cc(Br)c(F)cc1C)C(=O)O. The second-order valence-corrected chi connectivity index (χ2v) is 5.21. The fourth-order valence-electron chi connectivity index (χ4n) is 1.64. The van der Waals surface area contributed by atoms with Gasteiger partial charge < -0.3 is 15.7 Å². The maximum atomic E-state index is 13.3. The van der Waals surface area contributed by atoms with Crippen molar-refractivity contribution in [2.75, 3.05) is 5.32 Å². The van der Waals surface area contributed by atoms with Gasteiger partial charge in [0.2, 0.25) is 0 Å². The number of aliphatic carboxylic acids is 1. The van der Waals surface area contributed by atoms with Crippen LogP contribution in [-0.2, 0) is 4.79 Å². The van der Waals surface area contributed by atoms with Gasteiger partial charge in [-0.05, 0) is 47.0 Å². The molecule has 1 rings (SSSR count). The molecular formula is C13H16BrFN2O3. The number of benzene rings is 1. The van der Waals surface area contributed by atoms with Gasteiger partial charge >= 0.3 is 12.0 Å². The van der Waals surface area contributed by atoms with Crippen molar-refractivity contribution in [2.45, 2.75) is 32.7 Å². The summed E-state index contributed by atoms with van der Waals surface area (Å²) in [7, 11) is 0. The van der Waals surface area contributed by atoms with Gasteiger partial charge in [0.15, 0.2) is 0 Å². The number of nitrogens with one attached hydrogen (secondary N) is 2. The number of carbonyl (C=O) groups excluding carboxylic acids is 1. The molecule has 0 spiro atoms. The average Bonchev–Trinajstić information content (AvgIpc) is 2.35. The van der Waals surface area contributed by atoms with Crippen LogP contribution in [0.3, 0.4) is 0 Å². The number of hydrogen-bond donors (Lipinski definition) is 3. The molecule has 5 nitrogen and oxygen atoms in total. The molecule has 1 aromatic rings. The van der Waals surface area contributed by atoms with E-state index in [0.29, 0.717) is 24.1 Å². The molecule has 0 saturated carbocycles. The van der Waals surface area contributed by atoms with Crippen LogP contribution in [-0.4, -0.2) is 23.1 Å². The van der Waals surface area contributed by atoms with Gasteiger partial charge in [-0.1, -0.05) is 13.3 Å². The van der Waals surface area contributed by atoms with Crippen LogP contribution >= 0.6 is 15.9 Å². The van der Waals surface area contributed by atoms with E-state index in [1.165, 1.54) is 12.1 Å². The molecule has 0 aliphatic carbocycles. The van der Waals surface area contributed by atoms with Gasteiger partial charge in [0.1, 0.15) is 11.9 Å². The van der Waals surface area contributed by atoms with E-state index < -0.39 is 23.9 Å². The first kappa shape index (κ1) is 16.4. The van der Waals surface area contributed by atoms with E-state index in [1.807, 2.05) is 6.92 Å². The Hall–Kier alpha value is -1.63. The average molecular weight is 347 g/mol. The Bertz CT molecular complexity index is 523. The Labute approximate surface area is 124 Å². The van der Waals surface area contributed by atoms with E-state index in [2.05, 4.69) is 26.6 Å². The molecule has 0 saturated heterocycles. The molecule has 0 fully saturated rings. The zero-order valence-corrected chi connectivity index (χ0v) is 12.8. The highest BCUT2D eigenvalue weighted by Crippen LogP contribution is 2.24. The molecule has 3 N–H and O–H groups in total. The minimum Gasteiger partial charge on any atom is -0.480 e. The molecule has 1 atom stereocenters. The van der Waals surface area contributed by atoms with Gasteiger partial charge in [-0.3, -0.25) is 0 Å². The lowest BCUT2D eigenvalue weighted by molar-refractivity contribution is -0.139. The molecular weight excluding hydrogens is 331 g/mol. The van der Waals surface area contributed by atoms with Crippen molar-refractivity contribution < 1.29 is 19.1 Å². The molecule has 20 heavy (non-hydrogen) atoms. The van der Waals surface area contributed by atoms with Crippen molar-refractivity contribution >= 4 is 33.6 Å². The van der Waals surface area contributed by atoms with Crippen molar-refractivity contribution in [3.05, 3.63) is 28.0 Å². The zero-order valence-electron chi connectivity index (χ0n) is 11.2. The van der Waals surface area contributed by atoms with E-state index in [-0.39, 0.29) is 4.47 Å². The first-order valence-corrected chi connectivity index (χ1v) is 6.90. The van der Waals surface area contributed by atoms with E-state index in [4.69, 9.17) is 5.11 Å². The van der Waals surface area contributed by atoms with Crippen LogP contribution in [0.2, 0.25) is 0 Å². The minimum atomic E-state index is -1.08. The summed E-state index contributed by atoms with van der Waals surface area (Å²) in [4.78, 5) is 22.7. The number of amides is 2.